The standard InChI is InChI=1S/C23H24ClN3O3/c1-16-3-2-4-19-21(16)26-15-27(22(19)29)13-20(28)25-14-23(9-11-30-12-10-23)17-5-7-18(24)8-6-17/h2-8,15H,9-14H2,1H3,(H,25,28). The molecule has 3 aromatic rings. The van der Waals surface area contributed by atoms with Gasteiger partial charge in [-0.3, -0.25) is 14.2 Å². The molecule has 0 unspecified atom stereocenters. The molecule has 30 heavy (non-hydrogen) atoms. The van der Waals surface area contributed by atoms with Crippen molar-refractivity contribution in [2.45, 2.75) is 31.7 Å². The molecule has 0 saturated carbocycles. The molecule has 1 aromatic heterocycles. The van der Waals surface area contributed by atoms with Crippen molar-refractivity contribution in [1.82, 2.24) is 14.9 Å². The lowest BCUT2D eigenvalue weighted by Gasteiger charge is -2.38. The van der Waals surface area contributed by atoms with E-state index in [4.69, 9.17) is 16.3 Å². The van der Waals surface area contributed by atoms with Crippen LogP contribution < -0.4 is 10.9 Å². The van der Waals surface area contributed by atoms with Gasteiger partial charge in [0.2, 0.25) is 5.91 Å². The molecule has 0 atom stereocenters. The number of aromatic nitrogens is 2. The zero-order valence-corrected chi connectivity index (χ0v) is 17.6. The van der Waals surface area contributed by atoms with Gasteiger partial charge in [0, 0.05) is 30.2 Å². The first-order valence-corrected chi connectivity index (χ1v) is 10.4. The number of carbonyl (C=O) groups is 1. The number of para-hydroxylation sites is 1. The number of rotatable bonds is 5. The summed E-state index contributed by atoms with van der Waals surface area (Å²) < 4.78 is 6.90. The number of halogens is 1. The Morgan fingerprint density at radius 1 is 1.20 bits per heavy atom. The first-order valence-electron chi connectivity index (χ1n) is 10.0. The Morgan fingerprint density at radius 3 is 2.67 bits per heavy atom. The van der Waals surface area contributed by atoms with E-state index >= 15 is 0 Å². The summed E-state index contributed by atoms with van der Waals surface area (Å²) in [6.07, 6.45) is 3.07. The fourth-order valence-corrected chi connectivity index (χ4v) is 4.19. The van der Waals surface area contributed by atoms with Crippen LogP contribution in [-0.2, 0) is 21.5 Å². The van der Waals surface area contributed by atoms with E-state index in [0.29, 0.717) is 35.7 Å². The molecule has 1 saturated heterocycles. The third-order valence-corrected chi connectivity index (χ3v) is 6.15. The van der Waals surface area contributed by atoms with Gasteiger partial charge in [-0.1, -0.05) is 35.9 Å². The number of hydrogen-bond acceptors (Lipinski definition) is 4. The van der Waals surface area contributed by atoms with Crippen LogP contribution >= 0.6 is 11.6 Å². The van der Waals surface area contributed by atoms with Gasteiger partial charge in [-0.15, -0.1) is 0 Å². The van der Waals surface area contributed by atoms with Crippen LogP contribution in [0.1, 0.15) is 24.0 Å². The van der Waals surface area contributed by atoms with Crippen LogP contribution in [0, 0.1) is 6.92 Å². The number of amides is 1. The Balaban J connectivity index is 1.51. The minimum atomic E-state index is -0.217. The van der Waals surface area contributed by atoms with Gasteiger partial charge >= 0.3 is 0 Å². The number of fused-ring (bicyclic) bond motifs is 1. The summed E-state index contributed by atoms with van der Waals surface area (Å²) in [5.41, 5.74) is 2.32. The second-order valence-electron chi connectivity index (χ2n) is 7.83. The van der Waals surface area contributed by atoms with Crippen molar-refractivity contribution in [1.29, 1.82) is 0 Å². The number of ether oxygens (including phenoxy) is 1. The molecule has 6 nitrogen and oxygen atoms in total. The van der Waals surface area contributed by atoms with Crippen LogP contribution in [0.5, 0.6) is 0 Å². The van der Waals surface area contributed by atoms with E-state index in [0.717, 1.165) is 24.0 Å². The fraction of sp³-hybridized carbons (Fsp3) is 0.348. The van der Waals surface area contributed by atoms with Gasteiger partial charge < -0.3 is 10.1 Å². The second kappa shape index (κ2) is 8.58. The average molecular weight is 426 g/mol. The van der Waals surface area contributed by atoms with Gasteiger partial charge in [0.05, 0.1) is 17.2 Å². The molecule has 156 valence electrons. The highest BCUT2D eigenvalue weighted by atomic mass is 35.5. The summed E-state index contributed by atoms with van der Waals surface area (Å²) in [7, 11) is 0. The van der Waals surface area contributed by atoms with E-state index < -0.39 is 0 Å². The van der Waals surface area contributed by atoms with Crippen molar-refractivity contribution < 1.29 is 9.53 Å². The fourth-order valence-electron chi connectivity index (χ4n) is 4.06. The summed E-state index contributed by atoms with van der Waals surface area (Å²) in [5.74, 6) is -0.217. The number of nitrogens with one attached hydrogen (secondary N) is 1. The lowest BCUT2D eigenvalue weighted by Crippen LogP contribution is -2.45. The molecule has 1 N–H and O–H groups in total. The second-order valence-corrected chi connectivity index (χ2v) is 8.26. The maximum absolute atomic E-state index is 12.8. The molecule has 1 amide bonds. The van der Waals surface area contributed by atoms with Gasteiger partial charge in [-0.25, -0.2) is 4.98 Å². The summed E-state index contributed by atoms with van der Waals surface area (Å²) in [6, 6.07) is 13.3. The number of hydrogen-bond donors (Lipinski definition) is 1. The minimum absolute atomic E-state index is 0.0666. The summed E-state index contributed by atoms with van der Waals surface area (Å²) >= 11 is 6.05. The lowest BCUT2D eigenvalue weighted by atomic mass is 9.74. The Kier molecular flexibility index (Phi) is 5.88. The Morgan fingerprint density at radius 2 is 1.93 bits per heavy atom. The first kappa shape index (κ1) is 20.6. The molecule has 0 radical (unpaired) electrons. The number of aryl methyl sites for hydroxylation is 1. The smallest absolute Gasteiger partial charge is 0.261 e. The van der Waals surface area contributed by atoms with Crippen molar-refractivity contribution in [2.75, 3.05) is 19.8 Å². The topological polar surface area (TPSA) is 73.2 Å². The molecule has 1 aliphatic heterocycles. The average Bonchev–Trinajstić information content (AvgIpc) is 2.76. The van der Waals surface area contributed by atoms with E-state index in [1.807, 2.05) is 43.3 Å². The van der Waals surface area contributed by atoms with E-state index in [-0.39, 0.29) is 23.4 Å². The zero-order valence-electron chi connectivity index (χ0n) is 16.9. The predicted molar refractivity (Wildman–Crippen MR) is 117 cm³/mol. The van der Waals surface area contributed by atoms with E-state index in [9.17, 15) is 9.59 Å². The SMILES string of the molecule is Cc1cccc2c(=O)n(CC(=O)NCC3(c4ccc(Cl)cc4)CCOCC3)cnc12. The molecule has 4 rings (SSSR count). The third kappa shape index (κ3) is 4.11. The predicted octanol–water partition coefficient (Wildman–Crippen LogP) is 3.22. The number of carbonyl (C=O) groups excluding carboxylic acids is 1. The summed E-state index contributed by atoms with van der Waals surface area (Å²) in [6.45, 7) is 3.61. The van der Waals surface area contributed by atoms with E-state index in [1.54, 1.807) is 6.07 Å². The van der Waals surface area contributed by atoms with Crippen molar-refractivity contribution in [2.24, 2.45) is 0 Å². The monoisotopic (exact) mass is 425 g/mol. The highest BCUT2D eigenvalue weighted by molar-refractivity contribution is 6.30. The van der Waals surface area contributed by atoms with Crippen LogP contribution in [-0.4, -0.2) is 35.2 Å². The van der Waals surface area contributed by atoms with Gasteiger partial charge in [0.15, 0.2) is 0 Å². The van der Waals surface area contributed by atoms with Crippen LogP contribution in [0.2, 0.25) is 5.02 Å². The van der Waals surface area contributed by atoms with Crippen LogP contribution in [0.15, 0.2) is 53.6 Å². The molecule has 2 aromatic carbocycles. The van der Waals surface area contributed by atoms with E-state index in [2.05, 4.69) is 10.3 Å². The minimum Gasteiger partial charge on any atom is -0.381 e. The molecule has 0 bridgehead atoms. The van der Waals surface area contributed by atoms with Gasteiger partial charge in [0.1, 0.15) is 6.54 Å². The highest BCUT2D eigenvalue weighted by Crippen LogP contribution is 2.34. The molecule has 0 aliphatic carbocycles. The zero-order chi connectivity index (χ0) is 21.1. The quantitative estimate of drug-likeness (QED) is 0.681. The molecule has 7 heteroatoms. The van der Waals surface area contributed by atoms with Crippen molar-refractivity contribution in [3.8, 4) is 0 Å². The first-order chi connectivity index (χ1) is 14.5. The molecule has 1 fully saturated rings. The van der Waals surface area contributed by atoms with Crippen molar-refractivity contribution in [3.05, 3.63) is 75.3 Å². The Labute approximate surface area is 179 Å². The van der Waals surface area contributed by atoms with E-state index in [1.165, 1.54) is 10.9 Å². The normalized spacial score (nSPS) is 15.8. The van der Waals surface area contributed by atoms with Crippen molar-refractivity contribution in [3.63, 3.8) is 0 Å². The van der Waals surface area contributed by atoms with Gasteiger partial charge in [0.25, 0.3) is 5.56 Å². The van der Waals surface area contributed by atoms with Gasteiger partial charge in [-0.05, 0) is 49.1 Å². The number of benzene rings is 2. The third-order valence-electron chi connectivity index (χ3n) is 5.90. The van der Waals surface area contributed by atoms with Crippen LogP contribution in [0.3, 0.4) is 0 Å². The highest BCUT2D eigenvalue weighted by Gasteiger charge is 2.34. The van der Waals surface area contributed by atoms with Crippen LogP contribution in [0.4, 0.5) is 0 Å². The lowest BCUT2D eigenvalue weighted by molar-refractivity contribution is -0.122. The summed E-state index contributed by atoms with van der Waals surface area (Å²) in [4.78, 5) is 29.8. The molecule has 1 aliphatic rings. The largest absolute Gasteiger partial charge is 0.381 e. The Bertz CT molecular complexity index is 1120. The van der Waals surface area contributed by atoms with Crippen molar-refractivity contribution >= 4 is 28.4 Å². The van der Waals surface area contributed by atoms with Crippen LogP contribution in [0.25, 0.3) is 10.9 Å². The molecule has 2 heterocycles. The molecular formula is C23H24ClN3O3. The summed E-state index contributed by atoms with van der Waals surface area (Å²) in [5, 5.41) is 4.23. The maximum Gasteiger partial charge on any atom is 0.261 e. The molecular weight excluding hydrogens is 402 g/mol. The maximum atomic E-state index is 12.8. The Hall–Kier alpha value is -2.70. The number of nitrogens with zero attached hydrogens (tertiary/aromatic N) is 2. The molecule has 0 spiro atoms. The van der Waals surface area contributed by atoms with Gasteiger partial charge in [-0.2, -0.15) is 0 Å².